The predicted octanol–water partition coefficient (Wildman–Crippen LogP) is -0.0923. The molecule has 0 heterocycles. The van der Waals surface area contributed by atoms with E-state index in [0.717, 1.165) is 6.07 Å². The number of aromatic hydroxyl groups is 1. The van der Waals surface area contributed by atoms with E-state index in [1.165, 1.54) is 18.3 Å². The van der Waals surface area contributed by atoms with Crippen molar-refractivity contribution in [3.05, 3.63) is 33.9 Å². The number of nitrogens with zero attached hydrogens (tertiary/aromatic N) is 3. The minimum absolute atomic E-state index is 0.218. The first-order chi connectivity index (χ1) is 7.50. The molecule has 0 aliphatic rings. The van der Waals surface area contributed by atoms with Crippen LogP contribution in [0.1, 0.15) is 5.56 Å². The van der Waals surface area contributed by atoms with Crippen molar-refractivity contribution in [3.63, 3.8) is 0 Å². The predicted molar refractivity (Wildman–Crippen MR) is 58.2 cm³/mol. The van der Waals surface area contributed by atoms with Gasteiger partial charge in [-0.2, -0.15) is 5.10 Å². The zero-order valence-corrected chi connectivity index (χ0v) is 8.07. The van der Waals surface area contributed by atoms with Crippen molar-refractivity contribution in [1.29, 1.82) is 0 Å². The first kappa shape index (κ1) is 11.4. The molecule has 1 rings (SSSR count). The maximum atomic E-state index is 10.5. The van der Waals surface area contributed by atoms with Crippen molar-refractivity contribution in [1.82, 2.24) is 0 Å². The van der Waals surface area contributed by atoms with Crippen LogP contribution in [0.15, 0.2) is 28.4 Å². The Labute approximate surface area is 90.0 Å². The topological polar surface area (TPSA) is 140 Å². The third-order valence-corrected chi connectivity index (χ3v) is 1.58. The number of hydrogen-bond acceptors (Lipinski definition) is 5. The van der Waals surface area contributed by atoms with E-state index < -0.39 is 16.4 Å². The molecule has 0 saturated heterocycles. The van der Waals surface area contributed by atoms with Crippen molar-refractivity contribution in [2.45, 2.75) is 0 Å². The van der Waals surface area contributed by atoms with Gasteiger partial charge >= 0.3 is 5.69 Å². The third kappa shape index (κ3) is 2.94. The number of nitro benzene ring substituents is 1. The van der Waals surface area contributed by atoms with Crippen LogP contribution in [0.4, 0.5) is 5.69 Å². The van der Waals surface area contributed by atoms with E-state index in [2.05, 4.69) is 10.2 Å². The van der Waals surface area contributed by atoms with E-state index in [9.17, 15) is 10.1 Å². The Morgan fingerprint density at radius 2 is 2.19 bits per heavy atom. The molecule has 0 aromatic heterocycles. The van der Waals surface area contributed by atoms with Gasteiger partial charge < -0.3 is 16.6 Å². The molecule has 0 amide bonds. The number of benzene rings is 1. The van der Waals surface area contributed by atoms with Crippen LogP contribution in [0.2, 0.25) is 0 Å². The summed E-state index contributed by atoms with van der Waals surface area (Å²) < 4.78 is 0. The molecule has 8 heteroatoms. The monoisotopic (exact) mass is 223 g/mol. The van der Waals surface area contributed by atoms with E-state index >= 15 is 0 Å². The van der Waals surface area contributed by atoms with Crippen LogP contribution in [0.25, 0.3) is 0 Å². The van der Waals surface area contributed by atoms with Gasteiger partial charge in [0.05, 0.1) is 11.1 Å². The molecule has 0 saturated carbocycles. The number of rotatable bonds is 3. The van der Waals surface area contributed by atoms with Gasteiger partial charge in [-0.05, 0) is 12.1 Å². The average molecular weight is 223 g/mol. The second-order valence-electron chi connectivity index (χ2n) is 2.77. The van der Waals surface area contributed by atoms with Crippen molar-refractivity contribution in [2.24, 2.45) is 21.7 Å². The lowest BCUT2D eigenvalue weighted by Crippen LogP contribution is -2.21. The highest BCUT2D eigenvalue weighted by Crippen LogP contribution is 2.25. The minimum Gasteiger partial charge on any atom is -0.502 e. The Kier molecular flexibility index (Phi) is 3.38. The molecular formula is C8H9N5O3. The molecule has 0 fully saturated rings. The summed E-state index contributed by atoms with van der Waals surface area (Å²) in [5.41, 5.74) is 10.0. The molecule has 0 atom stereocenters. The Morgan fingerprint density at radius 1 is 1.50 bits per heavy atom. The first-order valence-electron chi connectivity index (χ1n) is 4.10. The zero-order valence-electron chi connectivity index (χ0n) is 8.07. The van der Waals surface area contributed by atoms with E-state index in [0.29, 0.717) is 5.56 Å². The molecule has 0 aliphatic carbocycles. The van der Waals surface area contributed by atoms with Crippen molar-refractivity contribution in [3.8, 4) is 5.75 Å². The van der Waals surface area contributed by atoms with Crippen LogP contribution in [-0.4, -0.2) is 22.2 Å². The van der Waals surface area contributed by atoms with Gasteiger partial charge in [0.1, 0.15) is 0 Å². The highest BCUT2D eigenvalue weighted by molar-refractivity contribution is 5.82. The van der Waals surface area contributed by atoms with Crippen LogP contribution in [0.3, 0.4) is 0 Å². The second-order valence-corrected chi connectivity index (χ2v) is 2.77. The van der Waals surface area contributed by atoms with Crippen LogP contribution in [-0.2, 0) is 0 Å². The van der Waals surface area contributed by atoms with Crippen LogP contribution < -0.4 is 11.5 Å². The number of guanidine groups is 1. The number of hydrogen-bond donors (Lipinski definition) is 3. The van der Waals surface area contributed by atoms with Crippen LogP contribution >= 0.6 is 0 Å². The summed E-state index contributed by atoms with van der Waals surface area (Å²) >= 11 is 0. The molecule has 5 N–H and O–H groups in total. The Balaban J connectivity index is 3.00. The summed E-state index contributed by atoms with van der Waals surface area (Å²) in [6, 6.07) is 3.78. The summed E-state index contributed by atoms with van der Waals surface area (Å²) in [5, 5.41) is 26.5. The second kappa shape index (κ2) is 4.73. The molecule has 1 aromatic rings. The Morgan fingerprint density at radius 3 is 2.75 bits per heavy atom. The van der Waals surface area contributed by atoms with E-state index in [1.54, 1.807) is 0 Å². The normalized spacial score (nSPS) is 10.2. The lowest BCUT2D eigenvalue weighted by atomic mass is 10.2. The van der Waals surface area contributed by atoms with Gasteiger partial charge in [-0.1, -0.05) is 0 Å². The summed E-state index contributed by atoms with van der Waals surface area (Å²) in [7, 11) is 0. The molecule has 8 nitrogen and oxygen atoms in total. The van der Waals surface area contributed by atoms with E-state index in [-0.39, 0.29) is 5.96 Å². The zero-order chi connectivity index (χ0) is 12.1. The number of phenols is 1. The summed E-state index contributed by atoms with van der Waals surface area (Å²) in [6.07, 6.45) is 1.23. The maximum absolute atomic E-state index is 10.5. The van der Waals surface area contributed by atoms with Gasteiger partial charge in [-0.15, -0.1) is 5.10 Å². The number of nitrogens with two attached hydrogens (primary N) is 2. The maximum Gasteiger partial charge on any atom is 0.311 e. The van der Waals surface area contributed by atoms with Crippen molar-refractivity contribution < 1.29 is 10.0 Å². The fourth-order valence-corrected chi connectivity index (χ4v) is 0.929. The molecule has 84 valence electrons. The van der Waals surface area contributed by atoms with Crippen LogP contribution in [0.5, 0.6) is 5.75 Å². The van der Waals surface area contributed by atoms with Gasteiger partial charge in [0.2, 0.25) is 5.96 Å². The van der Waals surface area contributed by atoms with E-state index in [1.807, 2.05) is 0 Å². The minimum atomic E-state index is -0.701. The third-order valence-electron chi connectivity index (χ3n) is 1.58. The number of nitro groups is 1. The lowest BCUT2D eigenvalue weighted by molar-refractivity contribution is -0.385. The lowest BCUT2D eigenvalue weighted by Gasteiger charge is -1.96. The molecular weight excluding hydrogens is 214 g/mol. The smallest absolute Gasteiger partial charge is 0.311 e. The van der Waals surface area contributed by atoms with Gasteiger partial charge in [0.15, 0.2) is 5.75 Å². The number of phenolic OH excluding ortho intramolecular Hbond substituents is 1. The first-order valence-corrected chi connectivity index (χ1v) is 4.10. The Hall–Kier alpha value is -2.64. The van der Waals surface area contributed by atoms with Crippen molar-refractivity contribution >= 4 is 17.9 Å². The molecule has 0 radical (unpaired) electrons. The molecule has 0 bridgehead atoms. The SMILES string of the molecule is NC(N)=NN=Cc1ccc(O)c([N+](=O)[O-])c1. The fraction of sp³-hybridized carbons (Fsp3) is 0. The molecule has 1 aromatic carbocycles. The molecule has 0 spiro atoms. The summed E-state index contributed by atoms with van der Waals surface area (Å²) in [5.74, 6) is -0.631. The molecule has 0 aliphatic heterocycles. The fourth-order valence-electron chi connectivity index (χ4n) is 0.929. The highest BCUT2D eigenvalue weighted by Gasteiger charge is 2.12. The average Bonchev–Trinajstić information content (AvgIpc) is 2.19. The highest BCUT2D eigenvalue weighted by atomic mass is 16.6. The quantitative estimate of drug-likeness (QED) is 0.284. The molecule has 16 heavy (non-hydrogen) atoms. The van der Waals surface area contributed by atoms with E-state index in [4.69, 9.17) is 16.6 Å². The van der Waals surface area contributed by atoms with Gasteiger partial charge in [-0.3, -0.25) is 10.1 Å². The standard InChI is InChI=1S/C8H9N5O3/c9-8(10)12-11-4-5-1-2-7(14)6(3-5)13(15)16/h1-4,14H,(H4,9,10,12). The van der Waals surface area contributed by atoms with Gasteiger partial charge in [0, 0.05) is 11.6 Å². The van der Waals surface area contributed by atoms with Gasteiger partial charge in [0.25, 0.3) is 0 Å². The summed E-state index contributed by atoms with van der Waals surface area (Å²) in [4.78, 5) is 9.79. The van der Waals surface area contributed by atoms with Crippen LogP contribution in [0, 0.1) is 10.1 Å². The van der Waals surface area contributed by atoms with Gasteiger partial charge in [-0.25, -0.2) is 0 Å². The Bertz CT molecular complexity index is 465. The largest absolute Gasteiger partial charge is 0.502 e. The molecule has 0 unspecified atom stereocenters. The van der Waals surface area contributed by atoms with Crippen molar-refractivity contribution in [2.75, 3.05) is 0 Å². The summed E-state index contributed by atoms with van der Waals surface area (Å²) in [6.45, 7) is 0.